The van der Waals surface area contributed by atoms with Crippen LogP contribution in [0.2, 0.25) is 0 Å². The molecule has 26 heavy (non-hydrogen) atoms. The summed E-state index contributed by atoms with van der Waals surface area (Å²) >= 11 is 6.65. The molecule has 4 rings (SSSR count). The van der Waals surface area contributed by atoms with Crippen LogP contribution in [0.25, 0.3) is 0 Å². The molecule has 4 heteroatoms. The highest BCUT2D eigenvalue weighted by atomic mass is 35.5. The molecule has 0 unspecified atom stereocenters. The molecule has 3 nitrogen and oxygen atoms in total. The van der Waals surface area contributed by atoms with Crippen molar-refractivity contribution in [2.45, 2.75) is 67.2 Å². The van der Waals surface area contributed by atoms with Gasteiger partial charge in [0.15, 0.2) is 0 Å². The molecule has 0 spiro atoms. The van der Waals surface area contributed by atoms with Crippen molar-refractivity contribution >= 4 is 23.3 Å². The molecule has 0 aromatic heterocycles. The van der Waals surface area contributed by atoms with Crippen LogP contribution in [-0.4, -0.2) is 29.1 Å². The molecule has 0 N–H and O–H groups in total. The summed E-state index contributed by atoms with van der Waals surface area (Å²) in [6.45, 7) is 14.5. The van der Waals surface area contributed by atoms with E-state index in [-0.39, 0.29) is 33.5 Å². The maximum Gasteiger partial charge on any atom is 0.143 e. The van der Waals surface area contributed by atoms with E-state index in [0.29, 0.717) is 36.5 Å². The number of carbonyl (C=O) groups excluding carboxylic acids is 2. The predicted octanol–water partition coefficient (Wildman–Crippen LogP) is 4.73. The highest BCUT2D eigenvalue weighted by Crippen LogP contribution is 2.67. The lowest BCUT2D eigenvalue weighted by atomic mass is 9.70. The number of fused-ring (bicyclic) bond motifs is 4. The third-order valence-electron chi connectivity index (χ3n) is 10.1. The minimum atomic E-state index is -0.197. The fourth-order valence-electron chi connectivity index (χ4n) is 7.47. The van der Waals surface area contributed by atoms with Gasteiger partial charge in [0.1, 0.15) is 11.6 Å². The smallest absolute Gasteiger partial charge is 0.143 e. The van der Waals surface area contributed by atoms with E-state index in [2.05, 4.69) is 41.5 Å². The van der Waals surface area contributed by atoms with Gasteiger partial charge in [-0.2, -0.15) is 0 Å². The summed E-state index contributed by atoms with van der Waals surface area (Å²) in [4.78, 5) is 26.1. The van der Waals surface area contributed by atoms with Crippen molar-refractivity contribution in [3.63, 3.8) is 0 Å². The molecule has 4 fully saturated rings. The number of nitrogens with zero attached hydrogens (tertiary/aromatic N) is 1. The van der Waals surface area contributed by atoms with Crippen molar-refractivity contribution in [3.8, 4) is 0 Å². The van der Waals surface area contributed by atoms with Crippen LogP contribution >= 0.6 is 11.8 Å². The van der Waals surface area contributed by atoms with Crippen LogP contribution in [0.5, 0.6) is 0 Å². The van der Waals surface area contributed by atoms with Gasteiger partial charge in [-0.05, 0) is 60.1 Å². The van der Waals surface area contributed by atoms with Crippen LogP contribution in [0.15, 0.2) is 0 Å². The first-order valence-corrected chi connectivity index (χ1v) is 10.7. The predicted molar refractivity (Wildman–Crippen MR) is 104 cm³/mol. The molecular weight excluding hydrogens is 346 g/mol. The SMILES string of the molecule is CC1(C)[C@H]2CC[C@@]1(C)C(=O)[C@@H]2CN(Cl)C[C@H]1C(=O)[C@@]2(C)CC[C@H]1C2(C)C. The van der Waals surface area contributed by atoms with Gasteiger partial charge in [-0.3, -0.25) is 9.59 Å². The minimum Gasteiger partial charge on any atom is -0.299 e. The van der Waals surface area contributed by atoms with Crippen LogP contribution in [0.1, 0.15) is 67.2 Å². The Labute approximate surface area is 163 Å². The van der Waals surface area contributed by atoms with Gasteiger partial charge in [0.2, 0.25) is 0 Å². The molecule has 0 amide bonds. The highest BCUT2D eigenvalue weighted by Gasteiger charge is 2.67. The van der Waals surface area contributed by atoms with E-state index in [4.69, 9.17) is 11.8 Å². The molecule has 0 heterocycles. The van der Waals surface area contributed by atoms with Gasteiger partial charge in [-0.15, -0.1) is 0 Å². The molecule has 0 saturated heterocycles. The van der Waals surface area contributed by atoms with E-state index in [1.165, 1.54) is 0 Å². The van der Waals surface area contributed by atoms with Crippen LogP contribution in [0, 0.1) is 45.3 Å². The number of hydrogen-bond donors (Lipinski definition) is 0. The van der Waals surface area contributed by atoms with Gasteiger partial charge in [0.05, 0.1) is 0 Å². The monoisotopic (exact) mass is 379 g/mol. The number of hydrogen-bond acceptors (Lipinski definition) is 3. The van der Waals surface area contributed by atoms with Gasteiger partial charge >= 0.3 is 0 Å². The second kappa shape index (κ2) is 5.35. The highest BCUT2D eigenvalue weighted by molar-refractivity contribution is 6.13. The second-order valence-corrected chi connectivity index (χ2v) is 11.6. The normalized spacial score (nSPS) is 48.2. The molecule has 0 aromatic carbocycles. The average molecular weight is 380 g/mol. The van der Waals surface area contributed by atoms with Crippen LogP contribution in [0.3, 0.4) is 0 Å². The largest absolute Gasteiger partial charge is 0.299 e. The number of carbonyl (C=O) groups is 2. The van der Waals surface area contributed by atoms with Crippen LogP contribution in [0.4, 0.5) is 0 Å². The van der Waals surface area contributed by atoms with E-state index in [1.54, 1.807) is 4.42 Å². The van der Waals surface area contributed by atoms with E-state index in [1.807, 2.05) is 0 Å². The van der Waals surface area contributed by atoms with Crippen molar-refractivity contribution in [1.82, 2.24) is 4.42 Å². The third kappa shape index (κ3) is 2.00. The standard InChI is InChI=1S/C22H34ClNO2/c1-19(2)15-7-9-21(19,5)17(25)13(15)11-24(23)12-14-16-8-10-22(6,18(14)26)20(16,3)4/h13-16H,7-12H2,1-6H3/t13-,14-,15-,16+,21-,22+/m1/s1. The first kappa shape index (κ1) is 18.9. The Hall–Kier alpha value is -0.410. The Balaban J connectivity index is 1.47. The maximum absolute atomic E-state index is 13.1. The number of rotatable bonds is 4. The van der Waals surface area contributed by atoms with Gasteiger partial charge in [-0.25, -0.2) is 4.42 Å². The fourth-order valence-corrected chi connectivity index (χ4v) is 7.77. The molecule has 4 aliphatic rings. The zero-order valence-electron chi connectivity index (χ0n) is 17.2. The lowest BCUT2D eigenvalue weighted by Gasteiger charge is -2.32. The molecular formula is C22H34ClNO2. The molecule has 4 aliphatic carbocycles. The Morgan fingerprint density at radius 1 is 0.808 bits per heavy atom. The first-order valence-electron chi connectivity index (χ1n) is 10.4. The summed E-state index contributed by atoms with van der Waals surface area (Å²) in [6, 6.07) is 0. The lowest BCUT2D eigenvalue weighted by molar-refractivity contribution is -0.132. The van der Waals surface area contributed by atoms with Crippen molar-refractivity contribution in [3.05, 3.63) is 0 Å². The summed E-state index contributed by atoms with van der Waals surface area (Å²) < 4.78 is 1.78. The van der Waals surface area contributed by atoms with E-state index >= 15 is 0 Å². The molecule has 0 aliphatic heterocycles. The third-order valence-corrected chi connectivity index (χ3v) is 10.4. The Kier molecular flexibility index (Phi) is 3.89. The number of halogens is 1. The van der Waals surface area contributed by atoms with Crippen molar-refractivity contribution < 1.29 is 9.59 Å². The lowest BCUT2D eigenvalue weighted by Crippen LogP contribution is -2.39. The summed E-state index contributed by atoms with van der Waals surface area (Å²) in [7, 11) is 0. The first-order chi connectivity index (χ1) is 11.9. The molecule has 4 bridgehead atoms. The van der Waals surface area contributed by atoms with Crippen molar-refractivity contribution in [1.29, 1.82) is 0 Å². The Morgan fingerprint density at radius 3 is 1.42 bits per heavy atom. The summed E-state index contributed by atoms with van der Waals surface area (Å²) in [6.07, 6.45) is 4.28. The topological polar surface area (TPSA) is 37.4 Å². The number of Topliss-reactive ketones (excluding diaryl/α,β-unsaturated/α-hetero) is 2. The van der Waals surface area contributed by atoms with Crippen molar-refractivity contribution in [2.75, 3.05) is 13.1 Å². The molecule has 146 valence electrons. The van der Waals surface area contributed by atoms with Gasteiger partial charge in [-0.1, -0.05) is 41.5 Å². The number of ketones is 2. The molecule has 6 atom stereocenters. The van der Waals surface area contributed by atoms with E-state index in [9.17, 15) is 9.59 Å². The van der Waals surface area contributed by atoms with Gasteiger partial charge in [0.25, 0.3) is 0 Å². The second-order valence-electron chi connectivity index (χ2n) is 11.2. The fraction of sp³-hybridized carbons (Fsp3) is 0.909. The Morgan fingerprint density at radius 2 is 1.15 bits per heavy atom. The molecule has 0 radical (unpaired) electrons. The average Bonchev–Trinajstić information content (AvgIpc) is 3.02. The van der Waals surface area contributed by atoms with Gasteiger partial charge < -0.3 is 0 Å². The van der Waals surface area contributed by atoms with Gasteiger partial charge in [0, 0.05) is 35.8 Å². The summed E-state index contributed by atoms with van der Waals surface area (Å²) in [5, 5.41) is 0. The van der Waals surface area contributed by atoms with Crippen LogP contribution < -0.4 is 0 Å². The minimum absolute atomic E-state index is 0.0264. The maximum atomic E-state index is 13.1. The quantitative estimate of drug-likeness (QED) is 0.663. The van der Waals surface area contributed by atoms with Crippen molar-refractivity contribution in [2.24, 2.45) is 45.3 Å². The molecule has 0 aromatic rings. The zero-order chi connectivity index (χ0) is 19.3. The van der Waals surface area contributed by atoms with E-state index < -0.39 is 0 Å². The zero-order valence-corrected chi connectivity index (χ0v) is 17.9. The summed E-state index contributed by atoms with van der Waals surface area (Å²) in [5.41, 5.74) is -0.274. The summed E-state index contributed by atoms with van der Waals surface area (Å²) in [5.74, 6) is 1.70. The Bertz CT molecular complexity index is 615. The van der Waals surface area contributed by atoms with Crippen LogP contribution in [-0.2, 0) is 9.59 Å². The van der Waals surface area contributed by atoms with E-state index in [0.717, 1.165) is 25.7 Å². The molecule has 4 saturated carbocycles.